The van der Waals surface area contributed by atoms with Crippen LogP contribution >= 0.6 is 0 Å². The zero-order valence-corrected chi connectivity index (χ0v) is 16.4. The second-order valence-corrected chi connectivity index (χ2v) is 7.46. The average molecular weight is 405 g/mol. The number of rotatable bonds is 5. The maximum Gasteiger partial charge on any atom is 0.270 e. The van der Waals surface area contributed by atoms with Gasteiger partial charge in [-0.25, -0.2) is 9.37 Å². The van der Waals surface area contributed by atoms with Crippen LogP contribution < -0.4 is 0 Å². The molecule has 0 radical (unpaired) electrons. The number of aryl methyl sites for hydroxylation is 1. The Balaban J connectivity index is 1.26. The van der Waals surface area contributed by atoms with E-state index in [1.807, 2.05) is 35.9 Å². The number of carbonyl (C=O) groups is 1. The maximum absolute atomic E-state index is 13.3. The molecule has 8 heteroatoms. The number of H-pyrrole nitrogens is 1. The molecule has 3 aromatic heterocycles. The van der Waals surface area contributed by atoms with Gasteiger partial charge in [0.15, 0.2) is 0 Å². The van der Waals surface area contributed by atoms with Crippen molar-refractivity contribution in [3.63, 3.8) is 0 Å². The molecule has 1 aliphatic rings. The van der Waals surface area contributed by atoms with Crippen LogP contribution in [0, 0.1) is 5.82 Å². The summed E-state index contributed by atoms with van der Waals surface area (Å²) in [4.78, 5) is 19.4. The molecule has 1 aliphatic heterocycles. The van der Waals surface area contributed by atoms with Crippen molar-refractivity contribution in [2.24, 2.45) is 7.05 Å². The summed E-state index contributed by atoms with van der Waals surface area (Å²) >= 11 is 0. The Hall–Kier alpha value is -3.52. The van der Waals surface area contributed by atoms with E-state index in [0.717, 1.165) is 27.9 Å². The van der Waals surface area contributed by atoms with Crippen LogP contribution in [-0.4, -0.2) is 49.7 Å². The fourth-order valence-electron chi connectivity index (χ4n) is 3.67. The lowest BCUT2D eigenvalue weighted by Gasteiger charge is -2.38. The minimum Gasteiger partial charge on any atom is -0.370 e. The fourth-order valence-corrected chi connectivity index (χ4v) is 3.67. The van der Waals surface area contributed by atoms with Gasteiger partial charge in [0.05, 0.1) is 24.6 Å². The number of halogens is 1. The van der Waals surface area contributed by atoms with Crippen LogP contribution in [0.2, 0.25) is 0 Å². The number of aromatic nitrogens is 4. The Morgan fingerprint density at radius 3 is 2.90 bits per heavy atom. The summed E-state index contributed by atoms with van der Waals surface area (Å²) in [5.41, 5.74) is 3.81. The first kappa shape index (κ1) is 18.5. The lowest BCUT2D eigenvalue weighted by atomic mass is 10.1. The fraction of sp³-hybridized carbons (Fsp3) is 0.227. The standard InChI is InChI=1S/C22H20FN5O2/c1-27-20(8-15-5-6-19(26-21(15)27)16-9-24-25-10-16)22(29)28-11-18(12-28)30-13-14-3-2-4-17(23)7-14/h2-10,18H,11-13H2,1H3,(H,24,25). The van der Waals surface area contributed by atoms with E-state index in [2.05, 4.69) is 15.2 Å². The summed E-state index contributed by atoms with van der Waals surface area (Å²) in [6.07, 6.45) is 3.46. The smallest absolute Gasteiger partial charge is 0.270 e. The van der Waals surface area contributed by atoms with E-state index in [0.29, 0.717) is 25.4 Å². The third kappa shape index (κ3) is 3.35. The highest BCUT2D eigenvalue weighted by Gasteiger charge is 2.33. The van der Waals surface area contributed by atoms with E-state index in [1.165, 1.54) is 12.1 Å². The van der Waals surface area contributed by atoms with Crippen LogP contribution in [0.25, 0.3) is 22.3 Å². The topological polar surface area (TPSA) is 76.0 Å². The minimum atomic E-state index is -0.276. The molecule has 0 unspecified atom stereocenters. The molecular weight excluding hydrogens is 385 g/mol. The maximum atomic E-state index is 13.3. The molecule has 1 saturated heterocycles. The van der Waals surface area contributed by atoms with Crippen LogP contribution in [-0.2, 0) is 18.4 Å². The van der Waals surface area contributed by atoms with Gasteiger partial charge in [0.2, 0.25) is 0 Å². The number of ether oxygens (including phenoxy) is 1. The molecule has 0 bridgehead atoms. The van der Waals surface area contributed by atoms with Crippen molar-refractivity contribution < 1.29 is 13.9 Å². The molecule has 1 aromatic carbocycles. The van der Waals surface area contributed by atoms with Crippen LogP contribution in [0.15, 0.2) is 54.9 Å². The molecule has 0 atom stereocenters. The average Bonchev–Trinajstić information content (AvgIpc) is 3.35. The molecule has 152 valence electrons. The molecule has 1 N–H and O–H groups in total. The van der Waals surface area contributed by atoms with E-state index in [-0.39, 0.29) is 17.8 Å². The summed E-state index contributed by atoms with van der Waals surface area (Å²) < 4.78 is 20.9. The van der Waals surface area contributed by atoms with Crippen molar-refractivity contribution in [1.82, 2.24) is 24.6 Å². The molecule has 1 fully saturated rings. The minimum absolute atomic E-state index is 0.0438. The third-order valence-corrected chi connectivity index (χ3v) is 5.40. The van der Waals surface area contributed by atoms with Gasteiger partial charge in [-0.15, -0.1) is 0 Å². The predicted molar refractivity (Wildman–Crippen MR) is 109 cm³/mol. The van der Waals surface area contributed by atoms with Crippen molar-refractivity contribution in [2.75, 3.05) is 13.1 Å². The number of pyridine rings is 1. The van der Waals surface area contributed by atoms with Gasteiger partial charge in [-0.3, -0.25) is 9.89 Å². The SMILES string of the molecule is Cn1c(C(=O)N2CC(OCc3cccc(F)c3)C2)cc2ccc(-c3cn[nH]c3)nc21. The first-order chi connectivity index (χ1) is 14.6. The Morgan fingerprint density at radius 2 is 2.13 bits per heavy atom. The number of benzene rings is 1. The third-order valence-electron chi connectivity index (χ3n) is 5.40. The van der Waals surface area contributed by atoms with Gasteiger partial charge in [0, 0.05) is 37.3 Å². The number of likely N-dealkylation sites (tertiary alicyclic amines) is 1. The summed E-state index contributed by atoms with van der Waals surface area (Å²) in [5.74, 6) is -0.326. The highest BCUT2D eigenvalue weighted by Crippen LogP contribution is 2.25. The summed E-state index contributed by atoms with van der Waals surface area (Å²) in [7, 11) is 1.85. The number of carbonyl (C=O) groups excluding carboxylic acids is 1. The Kier molecular flexibility index (Phi) is 4.55. The predicted octanol–water partition coefficient (Wildman–Crippen LogP) is 3.14. The number of hydrogen-bond donors (Lipinski definition) is 1. The van der Waals surface area contributed by atoms with E-state index in [9.17, 15) is 9.18 Å². The number of fused-ring (bicyclic) bond motifs is 1. The largest absolute Gasteiger partial charge is 0.370 e. The molecule has 5 rings (SSSR count). The number of nitrogens with zero attached hydrogens (tertiary/aromatic N) is 4. The number of aromatic amines is 1. The Bertz CT molecular complexity index is 1210. The lowest BCUT2D eigenvalue weighted by Crippen LogP contribution is -2.55. The van der Waals surface area contributed by atoms with Crippen molar-refractivity contribution in [1.29, 1.82) is 0 Å². The molecule has 0 saturated carbocycles. The first-order valence-corrected chi connectivity index (χ1v) is 9.69. The number of hydrogen-bond acceptors (Lipinski definition) is 4. The van der Waals surface area contributed by atoms with Crippen molar-refractivity contribution in [3.05, 3.63) is 71.9 Å². The highest BCUT2D eigenvalue weighted by molar-refractivity contribution is 5.98. The summed E-state index contributed by atoms with van der Waals surface area (Å²) in [6.45, 7) is 1.37. The van der Waals surface area contributed by atoms with Crippen molar-refractivity contribution in [2.45, 2.75) is 12.7 Å². The Morgan fingerprint density at radius 1 is 1.27 bits per heavy atom. The Labute approximate surface area is 172 Å². The van der Waals surface area contributed by atoms with Gasteiger partial charge in [-0.05, 0) is 35.9 Å². The van der Waals surface area contributed by atoms with E-state index in [4.69, 9.17) is 4.74 Å². The second-order valence-electron chi connectivity index (χ2n) is 7.46. The van der Waals surface area contributed by atoms with Crippen LogP contribution in [0.3, 0.4) is 0 Å². The van der Waals surface area contributed by atoms with E-state index >= 15 is 0 Å². The molecular formula is C22H20FN5O2. The zero-order chi connectivity index (χ0) is 20.7. The van der Waals surface area contributed by atoms with Crippen LogP contribution in [0.1, 0.15) is 16.1 Å². The van der Waals surface area contributed by atoms with Crippen LogP contribution in [0.5, 0.6) is 0 Å². The van der Waals surface area contributed by atoms with E-state index < -0.39 is 0 Å². The molecule has 4 heterocycles. The molecule has 0 spiro atoms. The van der Waals surface area contributed by atoms with Gasteiger partial charge < -0.3 is 14.2 Å². The van der Waals surface area contributed by atoms with E-state index in [1.54, 1.807) is 23.4 Å². The highest BCUT2D eigenvalue weighted by atomic mass is 19.1. The molecule has 0 aliphatic carbocycles. The molecule has 4 aromatic rings. The van der Waals surface area contributed by atoms with Gasteiger partial charge in [-0.2, -0.15) is 5.10 Å². The van der Waals surface area contributed by atoms with Gasteiger partial charge >= 0.3 is 0 Å². The normalized spacial score (nSPS) is 14.3. The van der Waals surface area contributed by atoms with Gasteiger partial charge in [-0.1, -0.05) is 12.1 Å². The monoisotopic (exact) mass is 405 g/mol. The number of nitrogens with one attached hydrogen (secondary N) is 1. The quantitative estimate of drug-likeness (QED) is 0.554. The molecule has 30 heavy (non-hydrogen) atoms. The zero-order valence-electron chi connectivity index (χ0n) is 16.4. The summed E-state index contributed by atoms with van der Waals surface area (Å²) in [6, 6.07) is 12.1. The van der Waals surface area contributed by atoms with Gasteiger partial charge in [0.1, 0.15) is 17.2 Å². The number of amides is 1. The summed E-state index contributed by atoms with van der Waals surface area (Å²) in [5, 5.41) is 7.65. The first-order valence-electron chi connectivity index (χ1n) is 9.69. The van der Waals surface area contributed by atoms with Gasteiger partial charge in [0.25, 0.3) is 5.91 Å². The molecule has 7 nitrogen and oxygen atoms in total. The van der Waals surface area contributed by atoms with Crippen molar-refractivity contribution in [3.8, 4) is 11.3 Å². The second kappa shape index (κ2) is 7.38. The van der Waals surface area contributed by atoms with Crippen LogP contribution in [0.4, 0.5) is 4.39 Å². The lowest BCUT2D eigenvalue weighted by molar-refractivity contribution is -0.0506. The van der Waals surface area contributed by atoms with Crippen molar-refractivity contribution >= 4 is 16.9 Å². The molecule has 1 amide bonds.